The van der Waals surface area contributed by atoms with Gasteiger partial charge in [-0.15, -0.1) is 0 Å². The molecule has 11 heteroatoms. The second-order valence-electron chi connectivity index (χ2n) is 7.85. The molecule has 0 atom stereocenters. The second-order valence-corrected chi connectivity index (χ2v) is 10.6. The van der Waals surface area contributed by atoms with Gasteiger partial charge in [0, 0.05) is 11.0 Å². The number of ether oxygens (including phenoxy) is 3. The molecular weight excluding hydrogens is 566 g/mol. The number of rotatable bonds is 10. The van der Waals surface area contributed by atoms with Crippen molar-refractivity contribution in [3.05, 3.63) is 88.5 Å². The van der Waals surface area contributed by atoms with Gasteiger partial charge in [0.15, 0.2) is 17.3 Å². The van der Waals surface area contributed by atoms with Crippen molar-refractivity contribution in [1.82, 2.24) is 4.90 Å². The molecule has 0 spiro atoms. The van der Waals surface area contributed by atoms with Gasteiger partial charge in [0.05, 0.1) is 39.0 Å². The van der Waals surface area contributed by atoms with E-state index in [4.69, 9.17) is 23.0 Å². The number of halogens is 1. The lowest BCUT2D eigenvalue weighted by molar-refractivity contribution is 0.0679. The Balaban J connectivity index is 1.66. The summed E-state index contributed by atoms with van der Waals surface area (Å²) in [5, 5.41) is -0.330. The van der Waals surface area contributed by atoms with Crippen molar-refractivity contribution in [2.45, 2.75) is 23.1 Å². The maximum atomic E-state index is 13.5. The molecule has 0 bridgehead atoms. The van der Waals surface area contributed by atoms with Crippen LogP contribution in [0.2, 0.25) is 0 Å². The fourth-order valence-electron chi connectivity index (χ4n) is 3.70. The number of carbonyl (C=O) groups is 1. The number of methoxy groups -OCH3 is 3. The van der Waals surface area contributed by atoms with Gasteiger partial charge < -0.3 is 27.9 Å². The summed E-state index contributed by atoms with van der Waals surface area (Å²) in [6.07, 6.45) is 1.51. The predicted molar refractivity (Wildman–Crippen MR) is 137 cm³/mol. The molecule has 0 radical (unpaired) electrons. The summed E-state index contributed by atoms with van der Waals surface area (Å²) in [4.78, 5) is 15.0. The Bertz CT molecular complexity index is 1450. The largest absolute Gasteiger partial charge is 0.493 e. The van der Waals surface area contributed by atoms with E-state index < -0.39 is 15.7 Å². The summed E-state index contributed by atoms with van der Waals surface area (Å²) >= 11 is 3.29. The van der Waals surface area contributed by atoms with Crippen molar-refractivity contribution in [2.75, 3.05) is 21.3 Å². The highest BCUT2D eigenvalue weighted by molar-refractivity contribution is 9.10. The molecule has 0 N–H and O–H groups in total. The number of hydrogen-bond donors (Lipinski definition) is 0. The third kappa shape index (κ3) is 5.67. The number of amides is 1. The molecule has 0 aliphatic carbocycles. The number of hydrogen-bond acceptors (Lipinski definition) is 8. The third-order valence-corrected chi connectivity index (χ3v) is 7.66. The van der Waals surface area contributed by atoms with Crippen LogP contribution in [-0.2, 0) is 22.9 Å². The summed E-state index contributed by atoms with van der Waals surface area (Å²) in [6.45, 7) is 0.226. The van der Waals surface area contributed by atoms with Crippen LogP contribution in [-0.4, -0.2) is 40.6 Å². The quantitative estimate of drug-likeness (QED) is 0.244. The number of benzene rings is 2. The van der Waals surface area contributed by atoms with Gasteiger partial charge in [0.1, 0.15) is 5.76 Å². The minimum atomic E-state index is -3.95. The minimum Gasteiger partial charge on any atom is -0.493 e. The van der Waals surface area contributed by atoms with Crippen LogP contribution < -0.4 is 14.2 Å². The fraction of sp³-hybridized carbons (Fsp3) is 0.192. The summed E-state index contributed by atoms with van der Waals surface area (Å²) in [5.74, 6) is 1.17. The average molecular weight is 590 g/mol. The fourth-order valence-corrected chi connectivity index (χ4v) is 5.14. The first-order chi connectivity index (χ1) is 17.8. The average Bonchev–Trinajstić information content (AvgIpc) is 3.60. The second kappa shape index (κ2) is 11.1. The highest BCUT2D eigenvalue weighted by atomic mass is 79.9. The van der Waals surface area contributed by atoms with Crippen molar-refractivity contribution >= 4 is 31.7 Å². The third-order valence-electron chi connectivity index (χ3n) is 5.49. The molecule has 194 valence electrons. The van der Waals surface area contributed by atoms with Crippen LogP contribution in [0, 0.1) is 0 Å². The standard InChI is InChI=1S/C26H24BrNO8S/c1-32-22-13-17(14-23(33-2)25(22)34-3)15-28(16-19-5-4-12-35-19)26(29)21-10-11-24(36-21)37(30,31)20-8-6-18(27)7-9-20/h4-14H,15-16H2,1-3H3. The van der Waals surface area contributed by atoms with E-state index >= 15 is 0 Å². The maximum Gasteiger partial charge on any atom is 0.290 e. The first-order valence-electron chi connectivity index (χ1n) is 11.0. The molecule has 2 aromatic heterocycles. The van der Waals surface area contributed by atoms with Crippen molar-refractivity contribution in [1.29, 1.82) is 0 Å². The van der Waals surface area contributed by atoms with Crippen molar-refractivity contribution in [3.8, 4) is 17.2 Å². The molecule has 1 amide bonds. The van der Waals surface area contributed by atoms with Gasteiger partial charge in [-0.25, -0.2) is 8.42 Å². The molecule has 4 aromatic rings. The zero-order valence-electron chi connectivity index (χ0n) is 20.3. The van der Waals surface area contributed by atoms with Crippen LogP contribution in [0.5, 0.6) is 17.2 Å². The Morgan fingerprint density at radius 3 is 2.16 bits per heavy atom. The lowest BCUT2D eigenvalue weighted by atomic mass is 10.1. The Labute approximate surface area is 222 Å². The highest BCUT2D eigenvalue weighted by Crippen LogP contribution is 2.38. The first kappa shape index (κ1) is 26.4. The molecule has 2 heterocycles. The molecule has 4 rings (SSSR count). The van der Waals surface area contributed by atoms with Crippen LogP contribution in [0.25, 0.3) is 0 Å². The van der Waals surface area contributed by atoms with Crippen molar-refractivity contribution < 1.29 is 36.3 Å². The van der Waals surface area contributed by atoms with E-state index in [1.54, 1.807) is 36.4 Å². The number of sulfone groups is 1. The highest BCUT2D eigenvalue weighted by Gasteiger charge is 2.27. The smallest absolute Gasteiger partial charge is 0.290 e. The minimum absolute atomic E-state index is 0.0499. The van der Waals surface area contributed by atoms with Crippen molar-refractivity contribution in [3.63, 3.8) is 0 Å². The molecule has 0 saturated carbocycles. The van der Waals surface area contributed by atoms with Crippen LogP contribution in [0.3, 0.4) is 0 Å². The summed E-state index contributed by atoms with van der Waals surface area (Å²) < 4.78 is 54.0. The summed E-state index contributed by atoms with van der Waals surface area (Å²) in [6, 6.07) is 15.7. The number of nitrogens with zero attached hydrogens (tertiary/aromatic N) is 1. The van der Waals surface area contributed by atoms with E-state index in [1.165, 1.54) is 56.8 Å². The molecule has 0 saturated heterocycles. The van der Waals surface area contributed by atoms with E-state index in [2.05, 4.69) is 15.9 Å². The monoisotopic (exact) mass is 589 g/mol. The molecular formula is C26H24BrNO8S. The van der Waals surface area contributed by atoms with Gasteiger partial charge in [-0.3, -0.25) is 4.79 Å². The van der Waals surface area contributed by atoms with Crippen LogP contribution >= 0.6 is 15.9 Å². The molecule has 0 unspecified atom stereocenters. The van der Waals surface area contributed by atoms with E-state index in [-0.39, 0.29) is 28.8 Å². The van der Waals surface area contributed by atoms with Gasteiger partial charge in [-0.05, 0) is 66.2 Å². The van der Waals surface area contributed by atoms with Gasteiger partial charge in [0.2, 0.25) is 20.7 Å². The summed E-state index contributed by atoms with van der Waals surface area (Å²) in [7, 11) is 0.557. The SMILES string of the molecule is COc1cc(CN(Cc2ccco2)C(=O)c2ccc(S(=O)(=O)c3ccc(Br)cc3)o2)cc(OC)c1OC. The Kier molecular flexibility index (Phi) is 7.94. The normalized spacial score (nSPS) is 11.2. The van der Waals surface area contributed by atoms with Gasteiger partial charge in [-0.1, -0.05) is 15.9 Å². The zero-order chi connectivity index (χ0) is 26.6. The molecule has 0 fully saturated rings. The van der Waals surface area contributed by atoms with E-state index in [1.807, 2.05) is 0 Å². The number of furan rings is 2. The number of carbonyl (C=O) groups excluding carboxylic acids is 1. The topological polar surface area (TPSA) is 108 Å². The molecule has 9 nitrogen and oxygen atoms in total. The lowest BCUT2D eigenvalue weighted by Gasteiger charge is -2.22. The van der Waals surface area contributed by atoms with E-state index in [0.29, 0.717) is 28.6 Å². The molecule has 37 heavy (non-hydrogen) atoms. The van der Waals surface area contributed by atoms with Gasteiger partial charge in [-0.2, -0.15) is 0 Å². The first-order valence-corrected chi connectivity index (χ1v) is 13.3. The lowest BCUT2D eigenvalue weighted by Crippen LogP contribution is -2.29. The summed E-state index contributed by atoms with van der Waals surface area (Å²) in [5.41, 5.74) is 0.684. The maximum absolute atomic E-state index is 13.5. The van der Waals surface area contributed by atoms with Crippen LogP contribution in [0.1, 0.15) is 21.9 Å². The molecule has 0 aliphatic heterocycles. The predicted octanol–water partition coefficient (Wildman–Crippen LogP) is 5.34. The van der Waals surface area contributed by atoms with E-state index in [9.17, 15) is 13.2 Å². The molecule has 2 aromatic carbocycles. The van der Waals surface area contributed by atoms with Gasteiger partial charge >= 0.3 is 0 Å². The van der Waals surface area contributed by atoms with Crippen LogP contribution in [0.15, 0.2) is 90.2 Å². The Morgan fingerprint density at radius 2 is 1.59 bits per heavy atom. The van der Waals surface area contributed by atoms with Crippen molar-refractivity contribution in [2.24, 2.45) is 0 Å². The van der Waals surface area contributed by atoms with Crippen LogP contribution in [0.4, 0.5) is 0 Å². The van der Waals surface area contributed by atoms with Gasteiger partial charge in [0.25, 0.3) is 5.91 Å². The Morgan fingerprint density at radius 1 is 0.919 bits per heavy atom. The molecule has 0 aliphatic rings. The zero-order valence-corrected chi connectivity index (χ0v) is 22.7. The van der Waals surface area contributed by atoms with E-state index in [0.717, 1.165) is 4.47 Å². The Hall–Kier alpha value is -3.70.